The van der Waals surface area contributed by atoms with Gasteiger partial charge in [0, 0.05) is 10.9 Å². The highest BCUT2D eigenvalue weighted by Crippen LogP contribution is 2.27. The van der Waals surface area contributed by atoms with E-state index in [1.807, 2.05) is 18.2 Å². The topological polar surface area (TPSA) is 50.1 Å². The predicted molar refractivity (Wildman–Crippen MR) is 57.6 cm³/mol. The maximum atomic E-state index is 5.93. The molecule has 0 bridgehead atoms. The summed E-state index contributed by atoms with van der Waals surface area (Å²) in [6.07, 6.45) is -0.000943. The number of hydrogen-bond acceptors (Lipinski definition) is 3. The lowest BCUT2D eigenvalue weighted by molar-refractivity contribution is 0.463. The Hall–Kier alpha value is -0.610. The van der Waals surface area contributed by atoms with Crippen molar-refractivity contribution in [1.82, 2.24) is 10.9 Å². The first kappa shape index (κ1) is 9.93. The van der Waals surface area contributed by atoms with Crippen LogP contribution in [0.3, 0.4) is 0 Å². The van der Waals surface area contributed by atoms with E-state index < -0.39 is 0 Å². The van der Waals surface area contributed by atoms with E-state index in [9.17, 15) is 0 Å². The van der Waals surface area contributed by atoms with Gasteiger partial charge in [0.25, 0.3) is 0 Å². The number of hydrazine groups is 1. The third kappa shape index (κ3) is 1.77. The van der Waals surface area contributed by atoms with E-state index in [2.05, 4.69) is 23.8 Å². The van der Waals surface area contributed by atoms with Crippen LogP contribution in [0.2, 0.25) is 5.02 Å². The van der Waals surface area contributed by atoms with Crippen molar-refractivity contribution in [2.45, 2.75) is 19.1 Å². The number of nitrogens with two attached hydrogens (primary N) is 1. The molecule has 0 saturated carbocycles. The molecule has 0 amide bonds. The Bertz CT molecular complexity index is 329. The van der Waals surface area contributed by atoms with Crippen LogP contribution in [-0.2, 0) is 0 Å². The van der Waals surface area contributed by atoms with E-state index >= 15 is 0 Å². The van der Waals surface area contributed by atoms with E-state index in [4.69, 9.17) is 17.3 Å². The molecule has 1 fully saturated rings. The normalized spacial score (nSPS) is 32.1. The second-order valence-corrected chi connectivity index (χ2v) is 4.14. The molecule has 1 heterocycles. The minimum Gasteiger partial charge on any atom is -0.315 e. The molecule has 0 spiro atoms. The van der Waals surface area contributed by atoms with Crippen LogP contribution in [-0.4, -0.2) is 6.17 Å². The zero-order chi connectivity index (χ0) is 10.1. The summed E-state index contributed by atoms with van der Waals surface area (Å²) in [5.74, 6) is 0.355. The largest absolute Gasteiger partial charge is 0.315 e. The van der Waals surface area contributed by atoms with Gasteiger partial charge in [-0.15, -0.1) is 0 Å². The lowest BCUT2D eigenvalue weighted by atomic mass is 9.95. The van der Waals surface area contributed by atoms with Crippen LogP contribution in [0.15, 0.2) is 24.3 Å². The van der Waals surface area contributed by atoms with E-state index in [1.54, 1.807) is 0 Å². The summed E-state index contributed by atoms with van der Waals surface area (Å²) in [4.78, 5) is 0. The highest BCUT2D eigenvalue weighted by Gasteiger charge is 2.30. The molecule has 3 atom stereocenters. The van der Waals surface area contributed by atoms with Gasteiger partial charge in [0.2, 0.25) is 0 Å². The van der Waals surface area contributed by atoms with Gasteiger partial charge in [0.05, 0.1) is 12.2 Å². The van der Waals surface area contributed by atoms with Gasteiger partial charge in [0.1, 0.15) is 0 Å². The van der Waals surface area contributed by atoms with E-state index in [0.717, 1.165) is 5.02 Å². The molecule has 1 aliphatic heterocycles. The first-order chi connectivity index (χ1) is 6.68. The summed E-state index contributed by atoms with van der Waals surface area (Å²) in [6, 6.07) is 8.09. The minimum absolute atomic E-state index is 0.000943. The zero-order valence-corrected chi connectivity index (χ0v) is 8.75. The van der Waals surface area contributed by atoms with E-state index in [0.29, 0.717) is 5.92 Å². The van der Waals surface area contributed by atoms with Crippen LogP contribution in [0, 0.1) is 5.92 Å². The summed E-state index contributed by atoms with van der Waals surface area (Å²) in [5.41, 5.74) is 13.2. The van der Waals surface area contributed by atoms with E-state index in [1.165, 1.54) is 5.56 Å². The van der Waals surface area contributed by atoms with Gasteiger partial charge in [0.15, 0.2) is 0 Å². The Kier molecular flexibility index (Phi) is 2.74. The van der Waals surface area contributed by atoms with Crippen molar-refractivity contribution in [2.75, 3.05) is 0 Å². The number of benzene rings is 1. The summed E-state index contributed by atoms with van der Waals surface area (Å²) in [6.45, 7) is 2.11. The molecule has 76 valence electrons. The van der Waals surface area contributed by atoms with Crippen molar-refractivity contribution in [3.8, 4) is 0 Å². The summed E-state index contributed by atoms with van der Waals surface area (Å²) in [5, 5.41) is 0.761. The molecule has 0 aliphatic carbocycles. The minimum atomic E-state index is -0.000943. The molecule has 4 N–H and O–H groups in total. The standard InChI is InChI=1S/C10H14ClN3/c1-6-9(13-14-10(6)12)7-3-2-4-8(11)5-7/h2-6,9-10,13-14H,12H2,1H3. The highest BCUT2D eigenvalue weighted by molar-refractivity contribution is 6.30. The third-order valence-corrected chi connectivity index (χ3v) is 2.94. The Labute approximate surface area is 88.6 Å². The van der Waals surface area contributed by atoms with Gasteiger partial charge < -0.3 is 5.73 Å². The molecule has 14 heavy (non-hydrogen) atoms. The van der Waals surface area contributed by atoms with Gasteiger partial charge in [-0.3, -0.25) is 0 Å². The maximum Gasteiger partial charge on any atom is 0.0723 e. The van der Waals surface area contributed by atoms with Crippen molar-refractivity contribution in [1.29, 1.82) is 0 Å². The van der Waals surface area contributed by atoms with Crippen LogP contribution < -0.4 is 16.6 Å². The number of hydrogen-bond donors (Lipinski definition) is 3. The number of rotatable bonds is 1. The Morgan fingerprint density at radius 2 is 2.14 bits per heavy atom. The van der Waals surface area contributed by atoms with Crippen molar-refractivity contribution in [3.63, 3.8) is 0 Å². The Morgan fingerprint density at radius 1 is 1.36 bits per heavy atom. The van der Waals surface area contributed by atoms with E-state index in [-0.39, 0.29) is 12.2 Å². The first-order valence-electron chi connectivity index (χ1n) is 4.70. The Morgan fingerprint density at radius 3 is 2.71 bits per heavy atom. The molecular formula is C10H14ClN3. The van der Waals surface area contributed by atoms with Gasteiger partial charge in [-0.2, -0.15) is 0 Å². The number of nitrogens with one attached hydrogen (secondary N) is 2. The fourth-order valence-corrected chi connectivity index (χ4v) is 1.94. The SMILES string of the molecule is CC1C(N)NNC1c1cccc(Cl)c1. The zero-order valence-electron chi connectivity index (χ0n) is 8.00. The molecule has 1 aromatic rings. The smallest absolute Gasteiger partial charge is 0.0723 e. The first-order valence-corrected chi connectivity index (χ1v) is 5.08. The quantitative estimate of drug-likeness (QED) is 0.659. The van der Waals surface area contributed by atoms with Crippen LogP contribution in [0.1, 0.15) is 18.5 Å². The molecule has 3 unspecified atom stereocenters. The maximum absolute atomic E-state index is 5.93. The second kappa shape index (κ2) is 3.87. The van der Waals surface area contributed by atoms with Gasteiger partial charge in [-0.1, -0.05) is 30.7 Å². The average Bonchev–Trinajstić information content (AvgIpc) is 2.48. The molecule has 1 aromatic carbocycles. The number of halogens is 1. The van der Waals surface area contributed by atoms with Crippen LogP contribution in [0.4, 0.5) is 0 Å². The lowest BCUT2D eigenvalue weighted by Gasteiger charge is -2.16. The summed E-state index contributed by atoms with van der Waals surface area (Å²) < 4.78 is 0. The van der Waals surface area contributed by atoms with Crippen molar-refractivity contribution in [2.24, 2.45) is 11.7 Å². The molecule has 3 nitrogen and oxygen atoms in total. The fraction of sp³-hybridized carbons (Fsp3) is 0.400. The lowest BCUT2D eigenvalue weighted by Crippen LogP contribution is -2.38. The average molecular weight is 212 g/mol. The molecule has 2 rings (SSSR count). The molecule has 1 aliphatic rings. The molecule has 0 aromatic heterocycles. The van der Waals surface area contributed by atoms with Gasteiger partial charge >= 0.3 is 0 Å². The summed E-state index contributed by atoms with van der Waals surface area (Å²) >= 11 is 5.93. The monoisotopic (exact) mass is 211 g/mol. The van der Waals surface area contributed by atoms with Crippen LogP contribution in [0.25, 0.3) is 0 Å². The van der Waals surface area contributed by atoms with Crippen LogP contribution in [0.5, 0.6) is 0 Å². The van der Waals surface area contributed by atoms with Crippen molar-refractivity contribution in [3.05, 3.63) is 34.9 Å². The van der Waals surface area contributed by atoms with Crippen molar-refractivity contribution < 1.29 is 0 Å². The van der Waals surface area contributed by atoms with Crippen molar-refractivity contribution >= 4 is 11.6 Å². The second-order valence-electron chi connectivity index (χ2n) is 3.71. The summed E-state index contributed by atoms with van der Waals surface area (Å²) in [7, 11) is 0. The third-order valence-electron chi connectivity index (χ3n) is 2.71. The molecule has 0 radical (unpaired) electrons. The van der Waals surface area contributed by atoms with Crippen LogP contribution >= 0.6 is 11.6 Å². The molecule has 1 saturated heterocycles. The molecule has 4 heteroatoms. The predicted octanol–water partition coefficient (Wildman–Crippen LogP) is 1.41. The fourth-order valence-electron chi connectivity index (χ4n) is 1.74. The molecular weight excluding hydrogens is 198 g/mol. The highest BCUT2D eigenvalue weighted by atomic mass is 35.5. The van der Waals surface area contributed by atoms with Gasteiger partial charge in [-0.25, -0.2) is 10.9 Å². The van der Waals surface area contributed by atoms with Gasteiger partial charge in [-0.05, 0) is 17.7 Å². The Balaban J connectivity index is 2.23.